The predicted molar refractivity (Wildman–Crippen MR) is 98.5 cm³/mol. The summed E-state index contributed by atoms with van der Waals surface area (Å²) in [6.07, 6.45) is 0.629. The Morgan fingerprint density at radius 3 is 2.69 bits per heavy atom. The number of carboxylic acids is 1. The van der Waals surface area contributed by atoms with Crippen molar-refractivity contribution in [1.82, 2.24) is 9.88 Å². The van der Waals surface area contributed by atoms with Gasteiger partial charge in [0, 0.05) is 25.6 Å². The van der Waals surface area contributed by atoms with Crippen LogP contribution in [-0.4, -0.2) is 65.8 Å². The van der Waals surface area contributed by atoms with Gasteiger partial charge in [-0.25, -0.2) is 9.78 Å². The highest BCUT2D eigenvalue weighted by molar-refractivity contribution is 7.22. The number of aliphatic carboxylic acids is 1. The van der Waals surface area contributed by atoms with Crippen molar-refractivity contribution < 1.29 is 19.4 Å². The number of rotatable bonds is 3. The van der Waals surface area contributed by atoms with Gasteiger partial charge in [0.2, 0.25) is 5.91 Å². The van der Waals surface area contributed by atoms with E-state index in [1.807, 2.05) is 18.2 Å². The summed E-state index contributed by atoms with van der Waals surface area (Å²) in [4.78, 5) is 32.4. The molecule has 0 radical (unpaired) electrons. The third-order valence-corrected chi connectivity index (χ3v) is 6.15. The Hall–Kier alpha value is -2.19. The van der Waals surface area contributed by atoms with Crippen LogP contribution in [0.2, 0.25) is 0 Å². The van der Waals surface area contributed by atoms with Crippen LogP contribution in [0.4, 0.5) is 5.13 Å². The molecule has 4 rings (SSSR count). The van der Waals surface area contributed by atoms with Gasteiger partial charge in [0.05, 0.1) is 23.4 Å². The number of benzene rings is 1. The van der Waals surface area contributed by atoms with Crippen molar-refractivity contribution in [2.75, 3.05) is 37.7 Å². The Morgan fingerprint density at radius 1 is 1.19 bits per heavy atom. The minimum absolute atomic E-state index is 0.0480. The standard InChI is InChI=1S/C18H21N3O4S/c22-16(21-9-10-25-14(11-21)17(23)24)12-5-7-20(8-6-12)18-19-13-3-1-2-4-15(13)26-18/h1-4,12,14H,5-11H2,(H,23,24)/t14-/m0/s1. The van der Waals surface area contributed by atoms with Crippen LogP contribution >= 0.6 is 11.3 Å². The number of ether oxygens (including phenoxy) is 1. The summed E-state index contributed by atoms with van der Waals surface area (Å²) >= 11 is 1.68. The average Bonchev–Trinajstić information content (AvgIpc) is 3.12. The monoisotopic (exact) mass is 375 g/mol. The van der Waals surface area contributed by atoms with Gasteiger partial charge < -0.3 is 19.6 Å². The maximum Gasteiger partial charge on any atom is 0.334 e. The van der Waals surface area contributed by atoms with E-state index in [1.54, 1.807) is 16.2 Å². The number of aromatic nitrogens is 1. The molecule has 26 heavy (non-hydrogen) atoms. The largest absolute Gasteiger partial charge is 0.479 e. The van der Waals surface area contributed by atoms with Crippen LogP contribution in [0.5, 0.6) is 0 Å². The Labute approximate surface area is 155 Å². The lowest BCUT2D eigenvalue weighted by Gasteiger charge is -2.36. The first-order valence-electron chi connectivity index (χ1n) is 8.85. The van der Waals surface area contributed by atoms with Crippen molar-refractivity contribution >= 4 is 38.6 Å². The third kappa shape index (κ3) is 3.39. The van der Waals surface area contributed by atoms with Gasteiger partial charge in [0.1, 0.15) is 0 Å². The van der Waals surface area contributed by atoms with Crippen LogP contribution in [-0.2, 0) is 14.3 Å². The number of carbonyl (C=O) groups excluding carboxylic acids is 1. The molecular formula is C18H21N3O4S. The van der Waals surface area contributed by atoms with Gasteiger partial charge in [-0.3, -0.25) is 4.79 Å². The minimum atomic E-state index is -1.01. The van der Waals surface area contributed by atoms with E-state index in [0.29, 0.717) is 6.54 Å². The Balaban J connectivity index is 1.37. The molecule has 2 fully saturated rings. The zero-order chi connectivity index (χ0) is 18.1. The molecule has 1 N–H and O–H groups in total. The second kappa shape index (κ2) is 7.20. The van der Waals surface area contributed by atoms with E-state index < -0.39 is 12.1 Å². The topological polar surface area (TPSA) is 83.0 Å². The molecule has 7 nitrogen and oxygen atoms in total. The van der Waals surface area contributed by atoms with E-state index in [-0.39, 0.29) is 25.0 Å². The Bertz CT molecular complexity index is 783. The second-order valence-corrected chi connectivity index (χ2v) is 7.72. The van der Waals surface area contributed by atoms with Crippen LogP contribution in [0.3, 0.4) is 0 Å². The molecule has 1 amide bonds. The molecular weight excluding hydrogens is 354 g/mol. The van der Waals surface area contributed by atoms with Gasteiger partial charge >= 0.3 is 5.97 Å². The lowest BCUT2D eigenvalue weighted by molar-refractivity contribution is -0.160. The molecule has 2 aromatic rings. The van der Waals surface area contributed by atoms with Crippen molar-refractivity contribution in [2.24, 2.45) is 5.92 Å². The van der Waals surface area contributed by atoms with Crippen LogP contribution in [0.25, 0.3) is 10.2 Å². The van der Waals surface area contributed by atoms with Crippen molar-refractivity contribution in [3.63, 3.8) is 0 Å². The minimum Gasteiger partial charge on any atom is -0.479 e. The molecule has 2 saturated heterocycles. The summed E-state index contributed by atoms with van der Waals surface area (Å²) in [7, 11) is 0. The fraction of sp³-hybridized carbons (Fsp3) is 0.500. The predicted octanol–water partition coefficient (Wildman–Crippen LogP) is 1.82. The number of carboxylic acid groups (broad SMARTS) is 1. The van der Waals surface area contributed by atoms with E-state index in [4.69, 9.17) is 14.8 Å². The smallest absolute Gasteiger partial charge is 0.334 e. The van der Waals surface area contributed by atoms with E-state index in [9.17, 15) is 9.59 Å². The third-order valence-electron chi connectivity index (χ3n) is 5.05. The summed E-state index contributed by atoms with van der Waals surface area (Å²) in [5, 5.41) is 10.1. The molecule has 3 heterocycles. The van der Waals surface area contributed by atoms with Crippen molar-refractivity contribution in [3.05, 3.63) is 24.3 Å². The van der Waals surface area contributed by atoms with Crippen LogP contribution in [0, 0.1) is 5.92 Å². The summed E-state index contributed by atoms with van der Waals surface area (Å²) in [5.41, 5.74) is 1.01. The van der Waals surface area contributed by atoms with E-state index in [2.05, 4.69) is 11.0 Å². The SMILES string of the molecule is O=C(O)[C@@H]1CN(C(=O)C2CCN(c3nc4ccccc4s3)CC2)CCO1. The number of nitrogens with zero attached hydrogens (tertiary/aromatic N) is 3. The van der Waals surface area contributed by atoms with E-state index in [1.165, 1.54) is 4.70 Å². The number of fused-ring (bicyclic) bond motifs is 1. The van der Waals surface area contributed by atoms with Crippen molar-refractivity contribution in [2.45, 2.75) is 18.9 Å². The van der Waals surface area contributed by atoms with Crippen LogP contribution in [0.15, 0.2) is 24.3 Å². The number of para-hydroxylation sites is 1. The van der Waals surface area contributed by atoms with Crippen molar-refractivity contribution in [1.29, 1.82) is 0 Å². The number of piperidine rings is 1. The van der Waals surface area contributed by atoms with Gasteiger partial charge in [-0.15, -0.1) is 0 Å². The number of carbonyl (C=O) groups is 2. The number of anilines is 1. The zero-order valence-electron chi connectivity index (χ0n) is 14.3. The molecule has 2 aliphatic heterocycles. The first-order chi connectivity index (χ1) is 12.6. The molecule has 0 unspecified atom stereocenters. The normalized spacial score (nSPS) is 21.9. The van der Waals surface area contributed by atoms with Gasteiger partial charge in [-0.2, -0.15) is 0 Å². The molecule has 0 spiro atoms. The molecule has 0 bridgehead atoms. The Kier molecular flexibility index (Phi) is 4.78. The molecule has 1 aromatic heterocycles. The van der Waals surface area contributed by atoms with Crippen LogP contribution < -0.4 is 4.90 Å². The lowest BCUT2D eigenvalue weighted by atomic mass is 9.95. The molecule has 138 valence electrons. The summed E-state index contributed by atoms with van der Waals surface area (Å²) in [5.74, 6) is -0.996. The highest BCUT2D eigenvalue weighted by atomic mass is 32.1. The van der Waals surface area contributed by atoms with Crippen LogP contribution in [0.1, 0.15) is 12.8 Å². The van der Waals surface area contributed by atoms with Gasteiger partial charge in [-0.1, -0.05) is 23.5 Å². The van der Waals surface area contributed by atoms with Gasteiger partial charge in [-0.05, 0) is 25.0 Å². The molecule has 8 heteroatoms. The number of hydrogen-bond donors (Lipinski definition) is 1. The fourth-order valence-corrected chi connectivity index (χ4v) is 4.59. The molecule has 0 aliphatic carbocycles. The Morgan fingerprint density at radius 2 is 1.96 bits per heavy atom. The maximum absolute atomic E-state index is 12.8. The molecule has 1 atom stereocenters. The number of amides is 1. The summed E-state index contributed by atoms with van der Waals surface area (Å²) in [6.45, 7) is 2.49. The lowest BCUT2D eigenvalue weighted by Crippen LogP contribution is -2.51. The zero-order valence-corrected chi connectivity index (χ0v) is 15.2. The van der Waals surface area contributed by atoms with E-state index in [0.717, 1.165) is 36.6 Å². The molecule has 1 aromatic carbocycles. The van der Waals surface area contributed by atoms with Gasteiger partial charge in [0.15, 0.2) is 11.2 Å². The van der Waals surface area contributed by atoms with Crippen molar-refractivity contribution in [3.8, 4) is 0 Å². The average molecular weight is 375 g/mol. The number of thiazole rings is 1. The molecule has 2 aliphatic rings. The number of morpholine rings is 1. The number of hydrogen-bond acceptors (Lipinski definition) is 6. The second-order valence-electron chi connectivity index (χ2n) is 6.71. The highest BCUT2D eigenvalue weighted by Crippen LogP contribution is 2.31. The van der Waals surface area contributed by atoms with Gasteiger partial charge in [0.25, 0.3) is 0 Å². The summed E-state index contributed by atoms with van der Waals surface area (Å²) in [6, 6.07) is 8.10. The quantitative estimate of drug-likeness (QED) is 0.881. The highest BCUT2D eigenvalue weighted by Gasteiger charge is 2.34. The first kappa shape index (κ1) is 17.2. The summed E-state index contributed by atoms with van der Waals surface area (Å²) < 4.78 is 6.38. The van der Waals surface area contributed by atoms with E-state index >= 15 is 0 Å². The maximum atomic E-state index is 12.8. The first-order valence-corrected chi connectivity index (χ1v) is 9.67. The molecule has 0 saturated carbocycles. The fourth-order valence-electron chi connectivity index (χ4n) is 3.57.